The van der Waals surface area contributed by atoms with Gasteiger partial charge in [0.15, 0.2) is 0 Å². The Bertz CT molecular complexity index is 824. The van der Waals surface area contributed by atoms with E-state index in [1.165, 1.54) is 12.1 Å². The molecule has 5 nitrogen and oxygen atoms in total. The first-order chi connectivity index (χ1) is 12.5. The summed E-state index contributed by atoms with van der Waals surface area (Å²) in [7, 11) is 1.55. The maximum absolute atomic E-state index is 13.5. The van der Waals surface area contributed by atoms with Crippen LogP contribution in [0.25, 0.3) is 6.08 Å². The van der Waals surface area contributed by atoms with Gasteiger partial charge in [0.05, 0.1) is 12.9 Å². The van der Waals surface area contributed by atoms with Crippen molar-refractivity contribution in [3.05, 3.63) is 65.5 Å². The number of ether oxygens (including phenoxy) is 1. The molecule has 0 heterocycles. The number of rotatable bonds is 6. The number of nitrogens with one attached hydrogen (secondary N) is 2. The summed E-state index contributed by atoms with van der Waals surface area (Å²) in [5, 5.41) is 0. The lowest BCUT2D eigenvalue weighted by atomic mass is 10.1. The van der Waals surface area contributed by atoms with Gasteiger partial charge < -0.3 is 4.74 Å². The van der Waals surface area contributed by atoms with E-state index >= 15 is 0 Å². The average molecular weight is 374 g/mol. The number of amides is 2. The van der Waals surface area contributed by atoms with Crippen molar-refractivity contribution in [2.45, 2.75) is 11.8 Å². The van der Waals surface area contributed by atoms with Crippen molar-refractivity contribution in [1.29, 1.82) is 0 Å². The number of methoxy groups -OCH3 is 1. The summed E-state index contributed by atoms with van der Waals surface area (Å²) in [4.78, 5) is 23.9. The van der Waals surface area contributed by atoms with E-state index in [9.17, 15) is 14.0 Å². The number of benzene rings is 2. The number of aryl methyl sites for hydroxylation is 1. The molecule has 7 heteroatoms. The molecule has 2 rings (SSSR count). The number of hydrogen-bond acceptors (Lipinski definition) is 4. The SMILES string of the molecule is COc1ccc(C)cc1/C=C/C(=O)NNC(=O)CSc1ccccc1F. The Morgan fingerprint density at radius 2 is 1.96 bits per heavy atom. The zero-order valence-corrected chi connectivity index (χ0v) is 15.2. The Labute approximate surface area is 155 Å². The van der Waals surface area contributed by atoms with Gasteiger partial charge in [-0.05, 0) is 37.3 Å². The Morgan fingerprint density at radius 3 is 2.69 bits per heavy atom. The topological polar surface area (TPSA) is 67.4 Å². The normalized spacial score (nSPS) is 10.6. The molecule has 2 aromatic rings. The number of carbonyl (C=O) groups excluding carboxylic acids is 2. The predicted octanol–water partition coefficient (Wildman–Crippen LogP) is 3.10. The quantitative estimate of drug-likeness (QED) is 0.463. The van der Waals surface area contributed by atoms with Crippen molar-refractivity contribution in [1.82, 2.24) is 10.9 Å². The van der Waals surface area contributed by atoms with Gasteiger partial charge in [0, 0.05) is 16.5 Å². The highest BCUT2D eigenvalue weighted by atomic mass is 32.2. The predicted molar refractivity (Wildman–Crippen MR) is 100 cm³/mol. The minimum atomic E-state index is -0.488. The van der Waals surface area contributed by atoms with E-state index in [1.54, 1.807) is 31.4 Å². The molecular formula is C19H19FN2O3S. The third kappa shape index (κ3) is 5.93. The van der Waals surface area contributed by atoms with Crippen LogP contribution in [-0.2, 0) is 9.59 Å². The molecule has 0 aliphatic heterocycles. The lowest BCUT2D eigenvalue weighted by molar-refractivity contribution is -0.125. The Morgan fingerprint density at radius 1 is 1.19 bits per heavy atom. The fraction of sp³-hybridized carbons (Fsp3) is 0.158. The zero-order valence-electron chi connectivity index (χ0n) is 14.4. The van der Waals surface area contributed by atoms with Gasteiger partial charge >= 0.3 is 0 Å². The summed E-state index contributed by atoms with van der Waals surface area (Å²) < 4.78 is 18.7. The molecule has 0 saturated heterocycles. The molecule has 26 heavy (non-hydrogen) atoms. The van der Waals surface area contributed by atoms with Crippen LogP contribution in [0.2, 0.25) is 0 Å². The third-order valence-corrected chi connectivity index (χ3v) is 4.37. The van der Waals surface area contributed by atoms with E-state index in [2.05, 4.69) is 10.9 Å². The summed E-state index contributed by atoms with van der Waals surface area (Å²) >= 11 is 1.05. The summed E-state index contributed by atoms with van der Waals surface area (Å²) in [5.74, 6) is -0.684. The van der Waals surface area contributed by atoms with Crippen LogP contribution in [0.3, 0.4) is 0 Å². The van der Waals surface area contributed by atoms with Gasteiger partial charge in [-0.1, -0.05) is 23.8 Å². The maximum atomic E-state index is 13.5. The summed E-state index contributed by atoms with van der Waals surface area (Å²) in [6.07, 6.45) is 2.89. The van der Waals surface area contributed by atoms with Crippen molar-refractivity contribution in [2.75, 3.05) is 12.9 Å². The largest absolute Gasteiger partial charge is 0.496 e. The Balaban J connectivity index is 1.82. The standard InChI is InChI=1S/C19H19FN2O3S/c1-13-7-9-16(25-2)14(11-13)8-10-18(23)21-22-19(24)12-26-17-6-4-3-5-15(17)20/h3-11H,12H2,1-2H3,(H,21,23)(H,22,24)/b10-8+. The fourth-order valence-corrected chi connectivity index (χ4v) is 2.80. The smallest absolute Gasteiger partial charge is 0.262 e. The molecule has 2 N–H and O–H groups in total. The van der Waals surface area contributed by atoms with Gasteiger partial charge in [0.1, 0.15) is 11.6 Å². The van der Waals surface area contributed by atoms with Crippen LogP contribution < -0.4 is 15.6 Å². The van der Waals surface area contributed by atoms with E-state index in [0.29, 0.717) is 10.6 Å². The van der Waals surface area contributed by atoms with Crippen molar-refractivity contribution in [2.24, 2.45) is 0 Å². The first-order valence-electron chi connectivity index (χ1n) is 7.78. The number of hydrazine groups is 1. The van der Waals surface area contributed by atoms with E-state index in [-0.39, 0.29) is 11.6 Å². The third-order valence-electron chi connectivity index (χ3n) is 3.32. The van der Waals surface area contributed by atoms with E-state index < -0.39 is 11.8 Å². The first kappa shape index (κ1) is 19.5. The number of halogens is 1. The molecule has 2 amide bonds. The molecule has 0 fully saturated rings. The fourth-order valence-electron chi connectivity index (χ4n) is 2.06. The first-order valence-corrected chi connectivity index (χ1v) is 8.77. The second-order valence-electron chi connectivity index (χ2n) is 5.34. The second-order valence-corrected chi connectivity index (χ2v) is 6.35. The van der Waals surface area contributed by atoms with Gasteiger partial charge in [-0.3, -0.25) is 20.4 Å². The summed E-state index contributed by atoms with van der Waals surface area (Å²) in [6, 6.07) is 11.8. The number of carbonyl (C=O) groups is 2. The molecule has 0 bridgehead atoms. The van der Waals surface area contributed by atoms with Crippen LogP contribution in [0, 0.1) is 12.7 Å². The molecule has 0 unspecified atom stereocenters. The van der Waals surface area contributed by atoms with Crippen LogP contribution in [0.5, 0.6) is 5.75 Å². The molecular weight excluding hydrogens is 355 g/mol. The molecule has 0 aliphatic rings. The molecule has 0 atom stereocenters. The summed E-state index contributed by atoms with van der Waals surface area (Å²) in [5.41, 5.74) is 6.35. The minimum Gasteiger partial charge on any atom is -0.496 e. The van der Waals surface area contributed by atoms with E-state index in [1.807, 2.05) is 25.1 Å². The highest BCUT2D eigenvalue weighted by molar-refractivity contribution is 8.00. The second kappa shape index (κ2) is 9.62. The zero-order chi connectivity index (χ0) is 18.9. The van der Waals surface area contributed by atoms with Gasteiger partial charge in [0.2, 0.25) is 5.91 Å². The summed E-state index contributed by atoms with van der Waals surface area (Å²) in [6.45, 7) is 1.93. The number of hydrogen-bond donors (Lipinski definition) is 2. The molecule has 0 aliphatic carbocycles. The maximum Gasteiger partial charge on any atom is 0.262 e. The van der Waals surface area contributed by atoms with Gasteiger partial charge in [-0.15, -0.1) is 11.8 Å². The average Bonchev–Trinajstić information content (AvgIpc) is 2.64. The Kier molecular flexibility index (Phi) is 7.23. The highest BCUT2D eigenvalue weighted by Gasteiger charge is 2.07. The van der Waals surface area contributed by atoms with Gasteiger partial charge in [0.25, 0.3) is 5.91 Å². The molecule has 2 aromatic carbocycles. The monoisotopic (exact) mass is 374 g/mol. The number of thioether (sulfide) groups is 1. The van der Waals surface area contributed by atoms with Crippen LogP contribution in [0.4, 0.5) is 4.39 Å². The lowest BCUT2D eigenvalue weighted by Crippen LogP contribution is -2.41. The molecule has 0 aromatic heterocycles. The minimum absolute atomic E-state index is 0.0172. The van der Waals surface area contributed by atoms with Crippen LogP contribution in [0.15, 0.2) is 53.4 Å². The molecule has 0 saturated carbocycles. The molecule has 136 valence electrons. The lowest BCUT2D eigenvalue weighted by Gasteiger charge is -2.07. The highest BCUT2D eigenvalue weighted by Crippen LogP contribution is 2.21. The van der Waals surface area contributed by atoms with Crippen molar-refractivity contribution in [3.63, 3.8) is 0 Å². The van der Waals surface area contributed by atoms with E-state index in [0.717, 1.165) is 22.9 Å². The molecule has 0 spiro atoms. The van der Waals surface area contributed by atoms with E-state index in [4.69, 9.17) is 4.74 Å². The van der Waals surface area contributed by atoms with Crippen LogP contribution in [0.1, 0.15) is 11.1 Å². The van der Waals surface area contributed by atoms with Crippen LogP contribution in [-0.4, -0.2) is 24.7 Å². The van der Waals surface area contributed by atoms with Crippen molar-refractivity contribution in [3.8, 4) is 5.75 Å². The molecule has 0 radical (unpaired) electrons. The Hall–Kier alpha value is -2.80. The van der Waals surface area contributed by atoms with Crippen molar-refractivity contribution >= 4 is 29.7 Å². The van der Waals surface area contributed by atoms with Crippen molar-refractivity contribution < 1.29 is 18.7 Å². The van der Waals surface area contributed by atoms with Gasteiger partial charge in [-0.2, -0.15) is 0 Å². The van der Waals surface area contributed by atoms with Crippen LogP contribution >= 0.6 is 11.8 Å². The van der Waals surface area contributed by atoms with Gasteiger partial charge in [-0.25, -0.2) is 4.39 Å².